The first-order chi connectivity index (χ1) is 8.52. The minimum Gasteiger partial charge on any atom is -0.374 e. The van der Waals surface area contributed by atoms with Gasteiger partial charge in [-0.05, 0) is 44.5 Å². The van der Waals surface area contributed by atoms with Crippen molar-refractivity contribution < 1.29 is 4.39 Å². The third kappa shape index (κ3) is 4.72. The predicted octanol–water partition coefficient (Wildman–Crippen LogP) is 2.54. The molecule has 0 amide bonds. The predicted molar refractivity (Wildman–Crippen MR) is 72.0 cm³/mol. The molecule has 0 saturated carbocycles. The molecule has 0 aliphatic heterocycles. The van der Waals surface area contributed by atoms with Crippen molar-refractivity contribution in [3.63, 3.8) is 0 Å². The molecule has 98 valence electrons. The molecule has 1 unspecified atom stereocenters. The van der Waals surface area contributed by atoms with E-state index < -0.39 is 0 Å². The summed E-state index contributed by atoms with van der Waals surface area (Å²) in [7, 11) is 1.94. The first-order valence-electron chi connectivity index (χ1n) is 6.15. The van der Waals surface area contributed by atoms with Gasteiger partial charge in [0.2, 0.25) is 0 Å². The Kier molecular flexibility index (Phi) is 5.60. The molecule has 1 N–H and O–H groups in total. The zero-order valence-corrected chi connectivity index (χ0v) is 11.2. The molecule has 0 heterocycles. The lowest BCUT2D eigenvalue weighted by molar-refractivity contribution is 0.506. The lowest BCUT2D eigenvalue weighted by Gasteiger charge is -2.22. The van der Waals surface area contributed by atoms with E-state index >= 15 is 0 Å². The second kappa shape index (κ2) is 6.97. The molecule has 0 aliphatic carbocycles. The van der Waals surface area contributed by atoms with Gasteiger partial charge in [0, 0.05) is 25.3 Å². The van der Waals surface area contributed by atoms with Crippen LogP contribution in [-0.4, -0.2) is 25.7 Å². The smallest absolute Gasteiger partial charge is 0.123 e. The van der Waals surface area contributed by atoms with Crippen LogP contribution in [0.2, 0.25) is 0 Å². The SMILES string of the molecule is CC(C)NC(C#N)CCN(C)c1ccc(F)cc1. The summed E-state index contributed by atoms with van der Waals surface area (Å²) in [4.78, 5) is 2.02. The minimum atomic E-state index is -0.233. The number of rotatable bonds is 6. The molecule has 0 spiro atoms. The maximum Gasteiger partial charge on any atom is 0.123 e. The van der Waals surface area contributed by atoms with Crippen LogP contribution in [0.15, 0.2) is 24.3 Å². The number of nitriles is 1. The molecule has 0 aromatic heterocycles. The highest BCUT2D eigenvalue weighted by Gasteiger charge is 2.10. The largest absolute Gasteiger partial charge is 0.374 e. The molecule has 0 aliphatic rings. The first-order valence-corrected chi connectivity index (χ1v) is 6.15. The van der Waals surface area contributed by atoms with E-state index in [0.29, 0.717) is 6.04 Å². The van der Waals surface area contributed by atoms with Gasteiger partial charge < -0.3 is 4.90 Å². The minimum absolute atomic E-state index is 0.145. The van der Waals surface area contributed by atoms with Crippen LogP contribution in [0.4, 0.5) is 10.1 Å². The topological polar surface area (TPSA) is 39.1 Å². The van der Waals surface area contributed by atoms with Gasteiger partial charge in [0.25, 0.3) is 0 Å². The molecule has 1 aromatic rings. The van der Waals surface area contributed by atoms with E-state index in [1.165, 1.54) is 12.1 Å². The zero-order chi connectivity index (χ0) is 13.5. The summed E-state index contributed by atoms with van der Waals surface area (Å²) in [5, 5.41) is 12.2. The molecule has 0 fully saturated rings. The Morgan fingerprint density at radius 3 is 2.44 bits per heavy atom. The first kappa shape index (κ1) is 14.5. The fourth-order valence-corrected chi connectivity index (χ4v) is 1.73. The Hall–Kier alpha value is -1.60. The number of hydrogen-bond donors (Lipinski definition) is 1. The summed E-state index contributed by atoms with van der Waals surface area (Å²) in [6, 6.07) is 8.78. The Bertz CT molecular complexity index is 394. The van der Waals surface area contributed by atoms with Crippen LogP contribution < -0.4 is 10.2 Å². The zero-order valence-electron chi connectivity index (χ0n) is 11.2. The molecule has 4 heteroatoms. The monoisotopic (exact) mass is 249 g/mol. The highest BCUT2D eigenvalue weighted by molar-refractivity contribution is 5.45. The Morgan fingerprint density at radius 1 is 1.33 bits per heavy atom. The van der Waals surface area contributed by atoms with Crippen molar-refractivity contribution in [3.05, 3.63) is 30.1 Å². The van der Waals surface area contributed by atoms with E-state index in [4.69, 9.17) is 5.26 Å². The summed E-state index contributed by atoms with van der Waals surface area (Å²) in [6.45, 7) is 4.80. The second-order valence-electron chi connectivity index (χ2n) is 4.69. The van der Waals surface area contributed by atoms with E-state index in [9.17, 15) is 4.39 Å². The van der Waals surface area contributed by atoms with Crippen LogP contribution in [-0.2, 0) is 0 Å². The highest BCUT2D eigenvalue weighted by atomic mass is 19.1. The maximum atomic E-state index is 12.8. The van der Waals surface area contributed by atoms with Crippen LogP contribution in [0.25, 0.3) is 0 Å². The summed E-state index contributed by atoms with van der Waals surface area (Å²) in [5.74, 6) is -0.233. The van der Waals surface area contributed by atoms with Gasteiger partial charge in [-0.15, -0.1) is 0 Å². The van der Waals surface area contributed by atoms with Crippen LogP contribution in [0, 0.1) is 17.1 Å². The van der Waals surface area contributed by atoms with E-state index in [0.717, 1.165) is 18.7 Å². The number of nitrogens with one attached hydrogen (secondary N) is 1. The molecule has 0 saturated heterocycles. The Labute approximate surface area is 108 Å². The summed E-state index contributed by atoms with van der Waals surface area (Å²) < 4.78 is 12.8. The molecule has 1 aromatic carbocycles. The number of halogens is 1. The molecule has 0 radical (unpaired) electrons. The van der Waals surface area contributed by atoms with Crippen LogP contribution in [0.1, 0.15) is 20.3 Å². The highest BCUT2D eigenvalue weighted by Crippen LogP contribution is 2.13. The van der Waals surface area contributed by atoms with Crippen LogP contribution in [0.5, 0.6) is 0 Å². The summed E-state index contributed by atoms with van der Waals surface area (Å²) >= 11 is 0. The van der Waals surface area contributed by atoms with Crippen molar-refractivity contribution in [2.75, 3.05) is 18.5 Å². The maximum absolute atomic E-state index is 12.8. The van der Waals surface area contributed by atoms with Crippen molar-refractivity contribution in [1.29, 1.82) is 5.26 Å². The Morgan fingerprint density at radius 2 is 1.94 bits per heavy atom. The Balaban J connectivity index is 2.47. The molecule has 1 rings (SSSR count). The lowest BCUT2D eigenvalue weighted by Crippen LogP contribution is -2.36. The van der Waals surface area contributed by atoms with Crippen LogP contribution >= 0.6 is 0 Å². The van der Waals surface area contributed by atoms with Gasteiger partial charge in [-0.1, -0.05) is 0 Å². The molecular weight excluding hydrogens is 229 g/mol. The van der Waals surface area contributed by atoms with Crippen molar-refractivity contribution in [1.82, 2.24) is 5.32 Å². The van der Waals surface area contributed by atoms with Gasteiger partial charge in [0.15, 0.2) is 0 Å². The molecule has 1 atom stereocenters. The second-order valence-corrected chi connectivity index (χ2v) is 4.69. The number of benzene rings is 1. The van der Waals surface area contributed by atoms with Crippen molar-refractivity contribution in [2.45, 2.75) is 32.4 Å². The molecule has 3 nitrogen and oxygen atoms in total. The molecule has 0 bridgehead atoms. The third-order valence-corrected chi connectivity index (χ3v) is 2.71. The van der Waals surface area contributed by atoms with E-state index in [2.05, 4.69) is 11.4 Å². The fraction of sp³-hybridized carbons (Fsp3) is 0.500. The van der Waals surface area contributed by atoms with E-state index in [-0.39, 0.29) is 11.9 Å². The van der Waals surface area contributed by atoms with Crippen molar-refractivity contribution in [2.24, 2.45) is 0 Å². The van der Waals surface area contributed by atoms with Gasteiger partial charge in [-0.3, -0.25) is 5.32 Å². The standard InChI is InChI=1S/C14H20FN3/c1-11(2)17-13(10-16)8-9-18(3)14-6-4-12(15)5-7-14/h4-7,11,13,17H,8-9H2,1-3H3. The third-order valence-electron chi connectivity index (χ3n) is 2.71. The van der Waals surface area contributed by atoms with Gasteiger partial charge in [0.05, 0.1) is 12.1 Å². The number of anilines is 1. The van der Waals surface area contributed by atoms with E-state index in [1.54, 1.807) is 12.1 Å². The normalized spacial score (nSPS) is 12.2. The molecular formula is C14H20FN3. The fourth-order valence-electron chi connectivity index (χ4n) is 1.73. The number of hydrogen-bond acceptors (Lipinski definition) is 3. The van der Waals surface area contributed by atoms with Gasteiger partial charge >= 0.3 is 0 Å². The average Bonchev–Trinajstić information content (AvgIpc) is 2.34. The summed E-state index contributed by atoms with van der Waals surface area (Å²) in [5.41, 5.74) is 0.956. The lowest BCUT2D eigenvalue weighted by atomic mass is 10.2. The van der Waals surface area contributed by atoms with Gasteiger partial charge in [0.1, 0.15) is 5.82 Å². The van der Waals surface area contributed by atoms with Gasteiger partial charge in [-0.2, -0.15) is 5.26 Å². The van der Waals surface area contributed by atoms with Crippen molar-refractivity contribution >= 4 is 5.69 Å². The summed E-state index contributed by atoms with van der Waals surface area (Å²) in [6.07, 6.45) is 0.739. The average molecular weight is 249 g/mol. The van der Waals surface area contributed by atoms with Crippen molar-refractivity contribution in [3.8, 4) is 6.07 Å². The number of nitrogens with zero attached hydrogens (tertiary/aromatic N) is 2. The van der Waals surface area contributed by atoms with Gasteiger partial charge in [-0.25, -0.2) is 4.39 Å². The quantitative estimate of drug-likeness (QED) is 0.842. The van der Waals surface area contributed by atoms with Crippen LogP contribution in [0.3, 0.4) is 0 Å². The van der Waals surface area contributed by atoms with E-state index in [1.807, 2.05) is 25.8 Å². The molecule has 18 heavy (non-hydrogen) atoms.